The molecule has 19 heavy (non-hydrogen) atoms. The second-order valence-electron chi connectivity index (χ2n) is 6.82. The van der Waals surface area contributed by atoms with Crippen LogP contribution in [0.15, 0.2) is 0 Å². The number of nitrogens with one attached hydrogen (secondary N) is 1. The molecule has 0 saturated carbocycles. The fourth-order valence-corrected chi connectivity index (χ4v) is 3.62. The van der Waals surface area contributed by atoms with Crippen molar-refractivity contribution in [3.8, 4) is 0 Å². The van der Waals surface area contributed by atoms with E-state index in [1.54, 1.807) is 0 Å². The van der Waals surface area contributed by atoms with Crippen molar-refractivity contribution in [2.75, 3.05) is 32.8 Å². The molecule has 2 rings (SSSR count). The van der Waals surface area contributed by atoms with E-state index in [0.29, 0.717) is 6.04 Å². The molecule has 3 heteroatoms. The van der Waals surface area contributed by atoms with Crippen molar-refractivity contribution in [1.82, 2.24) is 10.2 Å². The minimum absolute atomic E-state index is 0.685. The van der Waals surface area contributed by atoms with Gasteiger partial charge in [0.05, 0.1) is 0 Å². The first-order valence-electron chi connectivity index (χ1n) is 8.22. The van der Waals surface area contributed by atoms with Gasteiger partial charge in [-0.25, -0.2) is 0 Å². The molecule has 2 saturated heterocycles. The lowest BCUT2D eigenvalue weighted by Gasteiger charge is -2.37. The van der Waals surface area contributed by atoms with Gasteiger partial charge in [-0.2, -0.15) is 0 Å². The van der Waals surface area contributed by atoms with E-state index in [9.17, 15) is 0 Å². The summed E-state index contributed by atoms with van der Waals surface area (Å²) in [5.41, 5.74) is 0. The van der Waals surface area contributed by atoms with E-state index in [2.05, 4.69) is 31.0 Å². The van der Waals surface area contributed by atoms with Crippen molar-refractivity contribution in [3.63, 3.8) is 0 Å². The average Bonchev–Trinajstić information content (AvgIpc) is 2.64. The van der Waals surface area contributed by atoms with Gasteiger partial charge < -0.3 is 10.1 Å². The lowest BCUT2D eigenvalue weighted by Crippen LogP contribution is -2.46. The van der Waals surface area contributed by atoms with Gasteiger partial charge >= 0.3 is 0 Å². The first kappa shape index (κ1) is 15.3. The van der Waals surface area contributed by atoms with Crippen molar-refractivity contribution in [2.45, 2.75) is 58.5 Å². The van der Waals surface area contributed by atoms with Crippen LogP contribution in [0.2, 0.25) is 0 Å². The Morgan fingerprint density at radius 1 is 1.21 bits per heavy atom. The van der Waals surface area contributed by atoms with Crippen molar-refractivity contribution in [2.24, 2.45) is 11.8 Å². The van der Waals surface area contributed by atoms with Crippen LogP contribution in [0.5, 0.6) is 0 Å². The van der Waals surface area contributed by atoms with E-state index in [1.165, 1.54) is 45.3 Å². The highest BCUT2D eigenvalue weighted by Crippen LogP contribution is 2.24. The first-order chi connectivity index (χ1) is 9.16. The summed E-state index contributed by atoms with van der Waals surface area (Å²) in [4.78, 5) is 2.74. The highest BCUT2D eigenvalue weighted by Gasteiger charge is 2.28. The van der Waals surface area contributed by atoms with Crippen LogP contribution < -0.4 is 5.32 Å². The highest BCUT2D eigenvalue weighted by atomic mass is 16.5. The van der Waals surface area contributed by atoms with E-state index in [-0.39, 0.29) is 0 Å². The summed E-state index contributed by atoms with van der Waals surface area (Å²) in [6, 6.07) is 1.41. The number of nitrogens with zero attached hydrogens (tertiary/aromatic N) is 1. The molecule has 2 unspecified atom stereocenters. The Hall–Kier alpha value is -0.120. The summed E-state index contributed by atoms with van der Waals surface area (Å²) in [7, 11) is 0. The quantitative estimate of drug-likeness (QED) is 0.848. The molecule has 3 nitrogen and oxygen atoms in total. The summed E-state index contributed by atoms with van der Waals surface area (Å²) >= 11 is 0. The number of hydrogen-bond acceptors (Lipinski definition) is 3. The summed E-state index contributed by atoms with van der Waals surface area (Å²) in [5.74, 6) is 1.63. The first-order valence-corrected chi connectivity index (χ1v) is 8.22. The predicted molar refractivity (Wildman–Crippen MR) is 80.4 cm³/mol. The zero-order chi connectivity index (χ0) is 13.7. The van der Waals surface area contributed by atoms with E-state index in [0.717, 1.165) is 31.1 Å². The topological polar surface area (TPSA) is 24.5 Å². The van der Waals surface area contributed by atoms with Gasteiger partial charge in [0, 0.05) is 31.8 Å². The Balaban J connectivity index is 1.89. The fraction of sp³-hybridized carbons (Fsp3) is 1.00. The number of hydrogen-bond donors (Lipinski definition) is 1. The Labute approximate surface area is 119 Å². The van der Waals surface area contributed by atoms with Crippen LogP contribution in [-0.4, -0.2) is 49.8 Å². The second-order valence-corrected chi connectivity index (χ2v) is 6.82. The summed E-state index contributed by atoms with van der Waals surface area (Å²) in [6.45, 7) is 12.7. The molecular weight excluding hydrogens is 236 g/mol. The van der Waals surface area contributed by atoms with Crippen LogP contribution in [-0.2, 0) is 4.74 Å². The van der Waals surface area contributed by atoms with Crippen molar-refractivity contribution in [1.29, 1.82) is 0 Å². The Kier molecular flexibility index (Phi) is 6.11. The smallest absolute Gasteiger partial charge is 0.0469 e. The van der Waals surface area contributed by atoms with Gasteiger partial charge in [-0.15, -0.1) is 0 Å². The maximum atomic E-state index is 5.50. The van der Waals surface area contributed by atoms with Crippen molar-refractivity contribution in [3.05, 3.63) is 0 Å². The Morgan fingerprint density at radius 2 is 1.95 bits per heavy atom. The largest absolute Gasteiger partial charge is 0.381 e. The minimum Gasteiger partial charge on any atom is -0.381 e. The molecule has 2 heterocycles. The Morgan fingerprint density at radius 3 is 2.63 bits per heavy atom. The molecule has 2 fully saturated rings. The highest BCUT2D eigenvalue weighted by molar-refractivity contribution is 4.84. The lowest BCUT2D eigenvalue weighted by molar-refractivity contribution is 0.0293. The predicted octanol–water partition coefficient (Wildman–Crippen LogP) is 2.51. The molecule has 0 aromatic carbocycles. The molecule has 0 aliphatic carbocycles. The van der Waals surface area contributed by atoms with Gasteiger partial charge in [-0.3, -0.25) is 4.90 Å². The lowest BCUT2D eigenvalue weighted by atomic mass is 9.91. The molecular formula is C16H32N2O. The Bertz CT molecular complexity index is 251. The zero-order valence-corrected chi connectivity index (χ0v) is 13.0. The van der Waals surface area contributed by atoms with E-state index in [1.807, 2.05) is 0 Å². The van der Waals surface area contributed by atoms with Gasteiger partial charge in [-0.05, 0) is 57.5 Å². The molecule has 0 aromatic heterocycles. The summed E-state index contributed by atoms with van der Waals surface area (Å²) < 4.78 is 5.50. The van der Waals surface area contributed by atoms with Crippen LogP contribution in [0, 0.1) is 11.8 Å². The van der Waals surface area contributed by atoms with Crippen LogP contribution >= 0.6 is 0 Å². The molecule has 0 aromatic rings. The van der Waals surface area contributed by atoms with Gasteiger partial charge in [0.15, 0.2) is 0 Å². The average molecular weight is 268 g/mol. The van der Waals surface area contributed by atoms with Crippen LogP contribution in [0.4, 0.5) is 0 Å². The molecule has 2 atom stereocenters. The van der Waals surface area contributed by atoms with Crippen LogP contribution in [0.3, 0.4) is 0 Å². The summed E-state index contributed by atoms with van der Waals surface area (Å²) in [6.07, 6.45) is 5.10. The molecule has 2 aliphatic heterocycles. The standard InChI is InChI=1S/C16H32N2O/c1-13(2)11-16-12-18(8-4-7-17-16)14(3)15-5-9-19-10-6-15/h13-17H,4-12H2,1-3H3. The maximum Gasteiger partial charge on any atom is 0.0469 e. The van der Waals surface area contributed by atoms with Crippen molar-refractivity contribution >= 4 is 0 Å². The molecule has 2 aliphatic rings. The molecule has 0 spiro atoms. The molecule has 0 amide bonds. The van der Waals surface area contributed by atoms with Crippen LogP contribution in [0.1, 0.15) is 46.5 Å². The minimum atomic E-state index is 0.685. The third-order valence-electron chi connectivity index (χ3n) is 4.79. The third kappa shape index (κ3) is 4.73. The third-order valence-corrected chi connectivity index (χ3v) is 4.79. The summed E-state index contributed by atoms with van der Waals surface area (Å²) in [5, 5.41) is 3.73. The van der Waals surface area contributed by atoms with Gasteiger partial charge in [-0.1, -0.05) is 13.8 Å². The van der Waals surface area contributed by atoms with Crippen LogP contribution in [0.25, 0.3) is 0 Å². The van der Waals surface area contributed by atoms with E-state index >= 15 is 0 Å². The second kappa shape index (κ2) is 7.61. The van der Waals surface area contributed by atoms with Gasteiger partial charge in [0.1, 0.15) is 0 Å². The fourth-order valence-electron chi connectivity index (χ4n) is 3.62. The maximum absolute atomic E-state index is 5.50. The van der Waals surface area contributed by atoms with E-state index < -0.39 is 0 Å². The number of rotatable bonds is 4. The normalized spacial score (nSPS) is 29.4. The molecule has 1 N–H and O–H groups in total. The molecule has 112 valence electrons. The van der Waals surface area contributed by atoms with Gasteiger partial charge in [0.25, 0.3) is 0 Å². The monoisotopic (exact) mass is 268 g/mol. The SMILES string of the molecule is CC(C)CC1CN(C(C)C2CCOCC2)CCCN1. The molecule has 0 radical (unpaired) electrons. The number of ether oxygens (including phenoxy) is 1. The van der Waals surface area contributed by atoms with Crippen molar-refractivity contribution < 1.29 is 4.74 Å². The zero-order valence-electron chi connectivity index (χ0n) is 13.0. The van der Waals surface area contributed by atoms with E-state index in [4.69, 9.17) is 4.74 Å². The molecule has 0 bridgehead atoms. The van der Waals surface area contributed by atoms with Gasteiger partial charge in [0.2, 0.25) is 0 Å².